The lowest BCUT2D eigenvalue weighted by molar-refractivity contribution is -0.189. The molecule has 0 aliphatic heterocycles. The van der Waals surface area contributed by atoms with Crippen molar-refractivity contribution in [3.05, 3.63) is 88.7 Å². The molecule has 0 N–H and O–H groups in total. The molecule has 0 heterocycles. The second kappa shape index (κ2) is 9.08. The van der Waals surface area contributed by atoms with Gasteiger partial charge in [-0.2, -0.15) is 8.78 Å². The van der Waals surface area contributed by atoms with Gasteiger partial charge >= 0.3 is 6.11 Å². The van der Waals surface area contributed by atoms with Gasteiger partial charge in [0.25, 0.3) is 6.43 Å². The van der Waals surface area contributed by atoms with Crippen molar-refractivity contribution in [3.8, 4) is 16.9 Å². The minimum Gasteiger partial charge on any atom is -0.429 e. The van der Waals surface area contributed by atoms with Crippen LogP contribution >= 0.6 is 0 Å². The van der Waals surface area contributed by atoms with Crippen LogP contribution in [0.2, 0.25) is 0 Å². The zero-order valence-corrected chi connectivity index (χ0v) is 17.2. The molecule has 4 rings (SSSR count). The van der Waals surface area contributed by atoms with E-state index in [0.717, 1.165) is 43.4 Å². The van der Waals surface area contributed by atoms with Crippen molar-refractivity contribution < 1.29 is 35.5 Å². The van der Waals surface area contributed by atoms with Crippen LogP contribution in [0.3, 0.4) is 0 Å². The Labute approximate surface area is 185 Å². The van der Waals surface area contributed by atoms with Crippen LogP contribution in [0.5, 0.6) is 5.75 Å². The average Bonchev–Trinajstić information content (AvgIpc) is 3.27. The fraction of sp³-hybridized carbons (Fsp3) is 0.280. The van der Waals surface area contributed by atoms with Gasteiger partial charge in [0.2, 0.25) is 0 Å². The minimum absolute atomic E-state index is 0.0647. The highest BCUT2D eigenvalue weighted by Gasteiger charge is 2.41. The molecule has 174 valence electrons. The van der Waals surface area contributed by atoms with Gasteiger partial charge < -0.3 is 4.74 Å². The quantitative estimate of drug-likeness (QED) is 0.330. The minimum atomic E-state index is -4.52. The first-order valence-electron chi connectivity index (χ1n) is 10.4. The topological polar surface area (TPSA) is 9.23 Å². The predicted octanol–water partition coefficient (Wildman–Crippen LogP) is 8.49. The second-order valence-electron chi connectivity index (χ2n) is 8.02. The molecule has 0 saturated heterocycles. The van der Waals surface area contributed by atoms with Crippen molar-refractivity contribution in [2.75, 3.05) is 0 Å². The largest absolute Gasteiger partial charge is 0.432 e. The Kier molecular flexibility index (Phi) is 6.36. The summed E-state index contributed by atoms with van der Waals surface area (Å²) < 4.78 is 101. The van der Waals surface area contributed by atoms with E-state index in [2.05, 4.69) is 4.74 Å². The number of ether oxygens (including phenoxy) is 1. The van der Waals surface area contributed by atoms with Crippen molar-refractivity contribution in [1.29, 1.82) is 0 Å². The third-order valence-corrected chi connectivity index (χ3v) is 5.86. The van der Waals surface area contributed by atoms with E-state index in [4.69, 9.17) is 0 Å². The zero-order chi connectivity index (χ0) is 23.8. The van der Waals surface area contributed by atoms with Gasteiger partial charge in [-0.05, 0) is 59.7 Å². The van der Waals surface area contributed by atoms with Crippen LogP contribution in [0.25, 0.3) is 11.1 Å². The van der Waals surface area contributed by atoms with Crippen molar-refractivity contribution in [2.45, 2.75) is 44.1 Å². The number of hydrogen-bond acceptors (Lipinski definition) is 1. The molecule has 1 aliphatic carbocycles. The highest BCUT2D eigenvalue weighted by atomic mass is 19.3. The Bertz CT molecular complexity index is 1110. The maximum absolute atomic E-state index is 14.6. The van der Waals surface area contributed by atoms with Crippen LogP contribution < -0.4 is 4.74 Å². The number of hydrogen-bond donors (Lipinski definition) is 0. The fourth-order valence-electron chi connectivity index (χ4n) is 4.17. The molecule has 0 atom stereocenters. The second-order valence-corrected chi connectivity index (χ2v) is 8.02. The summed E-state index contributed by atoms with van der Waals surface area (Å²) >= 11 is 0. The van der Waals surface area contributed by atoms with E-state index in [9.17, 15) is 30.7 Å². The van der Waals surface area contributed by atoms with Gasteiger partial charge in [0.1, 0.15) is 28.8 Å². The van der Waals surface area contributed by atoms with E-state index < -0.39 is 46.9 Å². The first-order chi connectivity index (χ1) is 15.7. The van der Waals surface area contributed by atoms with Gasteiger partial charge in [-0.3, -0.25) is 0 Å². The molecule has 0 aromatic heterocycles. The first kappa shape index (κ1) is 23.1. The summed E-state index contributed by atoms with van der Waals surface area (Å²) in [5.41, 5.74) is -1.03. The maximum Gasteiger partial charge on any atom is 0.432 e. The summed E-state index contributed by atoms with van der Waals surface area (Å²) in [7, 11) is 0. The van der Waals surface area contributed by atoms with E-state index in [0.29, 0.717) is 29.7 Å². The van der Waals surface area contributed by atoms with E-state index in [1.54, 1.807) is 12.1 Å². The fourth-order valence-corrected chi connectivity index (χ4v) is 4.17. The molecule has 3 aromatic carbocycles. The summed E-state index contributed by atoms with van der Waals surface area (Å²) in [5.74, 6) is -4.99. The Morgan fingerprint density at radius 1 is 0.758 bits per heavy atom. The molecule has 1 aliphatic rings. The summed E-state index contributed by atoms with van der Waals surface area (Å²) in [4.78, 5) is 0. The number of alkyl halides is 4. The lowest BCUT2D eigenvalue weighted by Gasteiger charge is -2.20. The zero-order valence-electron chi connectivity index (χ0n) is 17.2. The Hall–Kier alpha value is -3.03. The van der Waals surface area contributed by atoms with Crippen LogP contribution in [0.4, 0.5) is 30.7 Å². The lowest BCUT2D eigenvalue weighted by atomic mass is 9.94. The van der Waals surface area contributed by atoms with Crippen molar-refractivity contribution in [2.24, 2.45) is 0 Å². The smallest absolute Gasteiger partial charge is 0.429 e. The molecule has 0 radical (unpaired) electrons. The van der Waals surface area contributed by atoms with Gasteiger partial charge in [0.15, 0.2) is 0 Å². The Morgan fingerprint density at radius 2 is 1.36 bits per heavy atom. The summed E-state index contributed by atoms with van der Waals surface area (Å²) in [5, 5.41) is 0. The molecule has 3 aromatic rings. The third-order valence-electron chi connectivity index (χ3n) is 5.86. The van der Waals surface area contributed by atoms with Crippen LogP contribution in [-0.2, 0) is 6.11 Å². The van der Waals surface area contributed by atoms with Gasteiger partial charge in [0.05, 0.1) is 5.56 Å². The molecule has 1 fully saturated rings. The predicted molar refractivity (Wildman–Crippen MR) is 109 cm³/mol. The molecule has 0 amide bonds. The number of rotatable bonds is 6. The van der Waals surface area contributed by atoms with E-state index >= 15 is 0 Å². The SMILES string of the molecule is Fc1cc(OC(F)(F)c2c(F)cc(-c3ccc(C4CCCC4)cc3)cc2F)ccc1C(F)F. The molecule has 0 spiro atoms. The maximum atomic E-state index is 14.6. The van der Waals surface area contributed by atoms with Gasteiger partial charge in [-0.15, -0.1) is 0 Å². The Balaban J connectivity index is 1.59. The van der Waals surface area contributed by atoms with E-state index in [1.807, 2.05) is 12.1 Å². The molecular formula is C25H19F7O. The molecule has 8 heteroatoms. The van der Waals surface area contributed by atoms with Crippen molar-refractivity contribution in [1.82, 2.24) is 0 Å². The standard InChI is InChI=1S/C25H19F7O/c26-20-13-18(9-10-19(20)24(29)30)33-25(31,32)23-21(27)11-17(12-22(23)28)16-7-5-15(6-8-16)14-3-1-2-4-14/h5-14,24H,1-4H2. The molecular weight excluding hydrogens is 449 g/mol. The van der Waals surface area contributed by atoms with Gasteiger partial charge in [-0.1, -0.05) is 37.1 Å². The van der Waals surface area contributed by atoms with Crippen molar-refractivity contribution >= 4 is 0 Å². The highest BCUT2D eigenvalue weighted by molar-refractivity contribution is 5.64. The van der Waals surface area contributed by atoms with E-state index in [1.165, 1.54) is 0 Å². The van der Waals surface area contributed by atoms with Crippen molar-refractivity contribution in [3.63, 3.8) is 0 Å². The van der Waals surface area contributed by atoms with Crippen LogP contribution in [0.15, 0.2) is 54.6 Å². The molecule has 0 unspecified atom stereocenters. The van der Waals surface area contributed by atoms with E-state index in [-0.39, 0.29) is 5.56 Å². The number of halogens is 7. The summed E-state index contributed by atoms with van der Waals surface area (Å²) in [6.07, 6.45) is -3.19. The summed E-state index contributed by atoms with van der Waals surface area (Å²) in [6.45, 7) is 0. The number of benzene rings is 3. The highest BCUT2D eigenvalue weighted by Crippen LogP contribution is 2.39. The van der Waals surface area contributed by atoms with Gasteiger partial charge in [-0.25, -0.2) is 22.0 Å². The molecule has 0 bridgehead atoms. The normalized spacial score (nSPS) is 14.8. The summed E-state index contributed by atoms with van der Waals surface area (Å²) in [6, 6.07) is 10.2. The lowest BCUT2D eigenvalue weighted by Crippen LogP contribution is -2.25. The third kappa shape index (κ3) is 4.84. The first-order valence-corrected chi connectivity index (χ1v) is 10.4. The molecule has 33 heavy (non-hydrogen) atoms. The Morgan fingerprint density at radius 3 is 1.91 bits per heavy atom. The van der Waals surface area contributed by atoms with Crippen LogP contribution in [0.1, 0.15) is 54.7 Å². The molecule has 1 saturated carbocycles. The monoisotopic (exact) mass is 468 g/mol. The van der Waals surface area contributed by atoms with Crippen LogP contribution in [0, 0.1) is 17.5 Å². The van der Waals surface area contributed by atoms with Gasteiger partial charge in [0, 0.05) is 6.07 Å². The molecule has 1 nitrogen and oxygen atoms in total. The van der Waals surface area contributed by atoms with Crippen LogP contribution in [-0.4, -0.2) is 0 Å². The average molecular weight is 468 g/mol.